The van der Waals surface area contributed by atoms with E-state index in [0.717, 1.165) is 23.7 Å². The van der Waals surface area contributed by atoms with E-state index in [2.05, 4.69) is 4.98 Å². The maximum atomic E-state index is 11.3. The quantitative estimate of drug-likeness (QED) is 0.898. The van der Waals surface area contributed by atoms with Crippen LogP contribution in [-0.2, 0) is 0 Å². The highest BCUT2D eigenvalue weighted by Gasteiger charge is 2.29. The van der Waals surface area contributed by atoms with Gasteiger partial charge in [-0.3, -0.25) is 0 Å². The number of hydrogen-bond acceptors (Lipinski definition) is 3. The number of benzene rings is 1. The Morgan fingerprint density at radius 1 is 1.39 bits per heavy atom. The molecule has 92 valence electrons. The van der Waals surface area contributed by atoms with Crippen LogP contribution < -0.4 is 4.90 Å². The number of nitrogens with zero attached hydrogens (tertiary/aromatic N) is 2. The van der Waals surface area contributed by atoms with Gasteiger partial charge in [0.05, 0.1) is 5.52 Å². The van der Waals surface area contributed by atoms with Crippen LogP contribution in [0.4, 0.5) is 5.82 Å². The summed E-state index contributed by atoms with van der Waals surface area (Å²) in [4.78, 5) is 17.8. The summed E-state index contributed by atoms with van der Waals surface area (Å²) < 4.78 is 0. The van der Waals surface area contributed by atoms with Crippen molar-refractivity contribution in [2.24, 2.45) is 0 Å². The molecule has 1 aromatic heterocycles. The topological polar surface area (TPSA) is 53.4 Å². The average Bonchev–Trinajstić information content (AvgIpc) is 3.20. The molecule has 1 fully saturated rings. The molecule has 0 spiro atoms. The number of para-hydroxylation sites is 1. The van der Waals surface area contributed by atoms with Crippen LogP contribution in [0.2, 0.25) is 0 Å². The zero-order valence-corrected chi connectivity index (χ0v) is 10.1. The van der Waals surface area contributed by atoms with Crippen molar-refractivity contribution >= 4 is 22.7 Å². The maximum Gasteiger partial charge on any atom is 0.339 e. The van der Waals surface area contributed by atoms with Crippen LogP contribution in [0.15, 0.2) is 30.3 Å². The van der Waals surface area contributed by atoms with Gasteiger partial charge in [0.1, 0.15) is 11.4 Å². The third-order valence-corrected chi connectivity index (χ3v) is 3.36. The number of carboxylic acid groups (broad SMARTS) is 1. The van der Waals surface area contributed by atoms with Crippen LogP contribution >= 0.6 is 0 Å². The second kappa shape index (κ2) is 3.98. The lowest BCUT2D eigenvalue weighted by atomic mass is 10.1. The van der Waals surface area contributed by atoms with Crippen molar-refractivity contribution in [1.82, 2.24) is 4.98 Å². The standard InChI is InChI=1S/C14H14N2O2/c1-16(10-6-7-10)13-11(14(17)18)8-9-4-2-3-5-12(9)15-13/h2-5,8,10H,6-7H2,1H3,(H,17,18). The molecular formula is C14H14N2O2. The number of hydrogen-bond donors (Lipinski definition) is 1. The predicted molar refractivity (Wildman–Crippen MR) is 70.1 cm³/mol. The molecule has 0 aliphatic heterocycles. The van der Waals surface area contributed by atoms with Crippen LogP contribution in [-0.4, -0.2) is 29.1 Å². The SMILES string of the molecule is CN(c1nc2ccccc2cc1C(=O)O)C1CC1. The molecule has 1 aliphatic carbocycles. The van der Waals surface area contributed by atoms with E-state index in [-0.39, 0.29) is 5.56 Å². The third kappa shape index (κ3) is 1.79. The lowest BCUT2D eigenvalue weighted by Crippen LogP contribution is -2.23. The predicted octanol–water partition coefficient (Wildman–Crippen LogP) is 2.53. The molecule has 1 heterocycles. The Morgan fingerprint density at radius 2 is 2.11 bits per heavy atom. The van der Waals surface area contributed by atoms with Crippen molar-refractivity contribution in [2.75, 3.05) is 11.9 Å². The molecule has 0 amide bonds. The van der Waals surface area contributed by atoms with Gasteiger partial charge < -0.3 is 10.0 Å². The van der Waals surface area contributed by atoms with E-state index in [1.165, 1.54) is 0 Å². The van der Waals surface area contributed by atoms with Gasteiger partial charge in [0.25, 0.3) is 0 Å². The number of pyridine rings is 1. The van der Waals surface area contributed by atoms with Gasteiger partial charge in [0, 0.05) is 18.5 Å². The second-order valence-electron chi connectivity index (χ2n) is 4.70. The second-order valence-corrected chi connectivity index (χ2v) is 4.70. The number of aromatic carboxylic acids is 1. The number of rotatable bonds is 3. The molecule has 4 nitrogen and oxygen atoms in total. The molecule has 2 aromatic rings. The molecule has 1 N–H and O–H groups in total. The van der Waals surface area contributed by atoms with Crippen molar-refractivity contribution in [3.05, 3.63) is 35.9 Å². The van der Waals surface area contributed by atoms with Crippen LogP contribution in [0.25, 0.3) is 10.9 Å². The lowest BCUT2D eigenvalue weighted by molar-refractivity contribution is 0.0697. The summed E-state index contributed by atoms with van der Waals surface area (Å²) in [7, 11) is 1.92. The molecule has 3 rings (SSSR count). The molecule has 0 atom stereocenters. The van der Waals surface area contributed by atoms with Crippen molar-refractivity contribution in [3.8, 4) is 0 Å². The maximum absolute atomic E-state index is 11.3. The van der Waals surface area contributed by atoms with Gasteiger partial charge >= 0.3 is 5.97 Å². The number of aromatic nitrogens is 1. The highest BCUT2D eigenvalue weighted by molar-refractivity contribution is 5.98. The van der Waals surface area contributed by atoms with Gasteiger partial charge in [-0.2, -0.15) is 0 Å². The monoisotopic (exact) mass is 242 g/mol. The molecule has 1 aliphatic rings. The van der Waals surface area contributed by atoms with E-state index in [0.29, 0.717) is 11.9 Å². The third-order valence-electron chi connectivity index (χ3n) is 3.36. The molecule has 18 heavy (non-hydrogen) atoms. The largest absolute Gasteiger partial charge is 0.478 e. The Bertz CT molecular complexity index is 620. The number of fused-ring (bicyclic) bond motifs is 1. The summed E-state index contributed by atoms with van der Waals surface area (Å²) in [6.07, 6.45) is 2.23. The summed E-state index contributed by atoms with van der Waals surface area (Å²) in [5, 5.41) is 10.2. The van der Waals surface area contributed by atoms with Crippen molar-refractivity contribution in [3.63, 3.8) is 0 Å². The Morgan fingerprint density at radius 3 is 2.78 bits per heavy atom. The number of carboxylic acids is 1. The highest BCUT2D eigenvalue weighted by atomic mass is 16.4. The van der Waals surface area contributed by atoms with Gasteiger partial charge in [-0.05, 0) is 25.0 Å². The molecule has 1 saturated carbocycles. The average molecular weight is 242 g/mol. The first-order valence-electron chi connectivity index (χ1n) is 6.03. The first-order chi connectivity index (χ1) is 8.66. The highest BCUT2D eigenvalue weighted by Crippen LogP contribution is 2.32. The minimum Gasteiger partial charge on any atom is -0.478 e. The zero-order valence-electron chi connectivity index (χ0n) is 10.1. The van der Waals surface area contributed by atoms with Gasteiger partial charge in [0.15, 0.2) is 0 Å². The Kier molecular flexibility index (Phi) is 2.44. The van der Waals surface area contributed by atoms with Gasteiger partial charge in [-0.15, -0.1) is 0 Å². The van der Waals surface area contributed by atoms with Crippen LogP contribution in [0, 0.1) is 0 Å². The smallest absolute Gasteiger partial charge is 0.339 e. The van der Waals surface area contributed by atoms with Crippen molar-refractivity contribution in [1.29, 1.82) is 0 Å². The first kappa shape index (κ1) is 11.0. The van der Waals surface area contributed by atoms with Crippen molar-refractivity contribution < 1.29 is 9.90 Å². The zero-order chi connectivity index (χ0) is 12.7. The lowest BCUT2D eigenvalue weighted by Gasteiger charge is -2.20. The van der Waals surface area contributed by atoms with E-state index in [1.807, 2.05) is 36.2 Å². The Labute approximate surface area is 105 Å². The van der Waals surface area contributed by atoms with Crippen LogP contribution in [0.5, 0.6) is 0 Å². The summed E-state index contributed by atoms with van der Waals surface area (Å²) in [5.74, 6) is -0.348. The van der Waals surface area contributed by atoms with Crippen LogP contribution in [0.3, 0.4) is 0 Å². The van der Waals surface area contributed by atoms with Gasteiger partial charge in [0.2, 0.25) is 0 Å². The summed E-state index contributed by atoms with van der Waals surface area (Å²) in [6, 6.07) is 9.74. The minimum atomic E-state index is -0.921. The Hall–Kier alpha value is -2.10. The molecule has 1 aromatic carbocycles. The molecular weight excluding hydrogens is 228 g/mol. The van der Waals surface area contributed by atoms with E-state index in [1.54, 1.807) is 6.07 Å². The Balaban J connectivity index is 2.19. The normalized spacial score (nSPS) is 14.7. The van der Waals surface area contributed by atoms with E-state index >= 15 is 0 Å². The van der Waals surface area contributed by atoms with E-state index < -0.39 is 5.97 Å². The summed E-state index contributed by atoms with van der Waals surface area (Å²) >= 11 is 0. The fourth-order valence-electron chi connectivity index (χ4n) is 2.17. The summed E-state index contributed by atoms with van der Waals surface area (Å²) in [6.45, 7) is 0. The fourth-order valence-corrected chi connectivity index (χ4v) is 2.17. The van der Waals surface area contributed by atoms with E-state index in [9.17, 15) is 9.90 Å². The molecule has 0 saturated heterocycles. The molecule has 0 unspecified atom stereocenters. The summed E-state index contributed by atoms with van der Waals surface area (Å²) in [5.41, 5.74) is 1.12. The molecule has 4 heteroatoms. The molecule has 0 radical (unpaired) electrons. The molecule has 0 bridgehead atoms. The number of anilines is 1. The first-order valence-corrected chi connectivity index (χ1v) is 6.03. The van der Waals surface area contributed by atoms with E-state index in [4.69, 9.17) is 0 Å². The fraction of sp³-hybridized carbons (Fsp3) is 0.286. The van der Waals surface area contributed by atoms with Crippen LogP contribution in [0.1, 0.15) is 23.2 Å². The van der Waals surface area contributed by atoms with Crippen molar-refractivity contribution in [2.45, 2.75) is 18.9 Å². The number of carbonyl (C=O) groups is 1. The minimum absolute atomic E-state index is 0.281. The van der Waals surface area contributed by atoms with Gasteiger partial charge in [-0.25, -0.2) is 9.78 Å². The van der Waals surface area contributed by atoms with Gasteiger partial charge in [-0.1, -0.05) is 18.2 Å².